The van der Waals surface area contributed by atoms with E-state index >= 15 is 0 Å². The molecule has 0 aromatic carbocycles. The average molecular weight is 295 g/mol. The van der Waals surface area contributed by atoms with Crippen molar-refractivity contribution in [2.24, 2.45) is 11.3 Å². The number of fused-ring (bicyclic) bond motifs is 1. The van der Waals surface area contributed by atoms with Gasteiger partial charge in [0, 0.05) is 30.7 Å². The fourth-order valence-electron chi connectivity index (χ4n) is 4.87. The van der Waals surface area contributed by atoms with Gasteiger partial charge in [0.15, 0.2) is 0 Å². The molecule has 2 rings (SSSR count). The van der Waals surface area contributed by atoms with Crippen molar-refractivity contribution in [1.82, 2.24) is 9.80 Å². The highest BCUT2D eigenvalue weighted by Crippen LogP contribution is 2.37. The molecular weight excluding hydrogens is 256 g/mol. The smallest absolute Gasteiger partial charge is 0.0252 e. The van der Waals surface area contributed by atoms with E-state index in [1.54, 1.807) is 0 Å². The summed E-state index contributed by atoms with van der Waals surface area (Å²) in [7, 11) is 0. The lowest BCUT2D eigenvalue weighted by Crippen LogP contribution is -2.66. The topological polar surface area (TPSA) is 6.48 Å². The molecule has 2 aliphatic rings. The zero-order valence-corrected chi connectivity index (χ0v) is 15.6. The minimum atomic E-state index is 0.302. The molecule has 0 aromatic heterocycles. The van der Waals surface area contributed by atoms with Gasteiger partial charge in [0.25, 0.3) is 0 Å². The molecule has 0 spiro atoms. The molecule has 124 valence electrons. The van der Waals surface area contributed by atoms with E-state index in [1.165, 1.54) is 45.3 Å². The van der Waals surface area contributed by atoms with Crippen molar-refractivity contribution < 1.29 is 0 Å². The summed E-state index contributed by atoms with van der Waals surface area (Å²) in [5, 5.41) is 0. The Bertz CT molecular complexity index is 340. The highest BCUT2D eigenvalue weighted by atomic mass is 15.3. The largest absolute Gasteiger partial charge is 0.298 e. The quantitative estimate of drug-likeness (QED) is 0.761. The van der Waals surface area contributed by atoms with Gasteiger partial charge in [-0.3, -0.25) is 9.80 Å². The molecule has 0 aromatic rings. The predicted octanol–water partition coefficient (Wildman–Crippen LogP) is 4.40. The normalized spacial score (nSPS) is 29.7. The Kier molecular flexibility index (Phi) is 5.10. The Balaban J connectivity index is 2.17. The lowest BCUT2D eigenvalue weighted by Gasteiger charge is -2.56. The van der Waals surface area contributed by atoms with Crippen LogP contribution in [0.25, 0.3) is 0 Å². The van der Waals surface area contributed by atoms with E-state index in [4.69, 9.17) is 0 Å². The van der Waals surface area contributed by atoms with Crippen LogP contribution >= 0.6 is 0 Å². The number of rotatable bonds is 3. The summed E-state index contributed by atoms with van der Waals surface area (Å²) in [5.74, 6) is 0.743. The SMILES string of the molecule is CC(C)C1CN2CCCCC2CN1C(C)(C)CC(C)(C)C. The Morgan fingerprint density at radius 1 is 1.00 bits per heavy atom. The van der Waals surface area contributed by atoms with Crippen molar-refractivity contribution in [3.63, 3.8) is 0 Å². The van der Waals surface area contributed by atoms with E-state index in [2.05, 4.69) is 58.3 Å². The number of nitrogens with zero attached hydrogens (tertiary/aromatic N) is 2. The fraction of sp³-hybridized carbons (Fsp3) is 1.00. The number of hydrogen-bond acceptors (Lipinski definition) is 2. The first-order chi connectivity index (χ1) is 9.60. The van der Waals surface area contributed by atoms with E-state index in [0.717, 1.165) is 18.0 Å². The third kappa shape index (κ3) is 4.22. The van der Waals surface area contributed by atoms with Crippen LogP contribution in [0.5, 0.6) is 0 Å². The number of hydrogen-bond donors (Lipinski definition) is 0. The van der Waals surface area contributed by atoms with Gasteiger partial charge in [0.2, 0.25) is 0 Å². The summed E-state index contributed by atoms with van der Waals surface area (Å²) >= 11 is 0. The van der Waals surface area contributed by atoms with Crippen molar-refractivity contribution in [1.29, 1.82) is 0 Å². The van der Waals surface area contributed by atoms with Crippen LogP contribution in [0.2, 0.25) is 0 Å². The van der Waals surface area contributed by atoms with Gasteiger partial charge in [-0.1, -0.05) is 41.0 Å². The average Bonchev–Trinajstić information content (AvgIpc) is 2.34. The van der Waals surface area contributed by atoms with Crippen LogP contribution in [0, 0.1) is 11.3 Å². The van der Waals surface area contributed by atoms with Gasteiger partial charge in [-0.05, 0) is 51.0 Å². The highest BCUT2D eigenvalue weighted by Gasteiger charge is 2.43. The van der Waals surface area contributed by atoms with Gasteiger partial charge < -0.3 is 0 Å². The maximum Gasteiger partial charge on any atom is 0.0252 e. The molecule has 0 N–H and O–H groups in total. The maximum atomic E-state index is 2.87. The van der Waals surface area contributed by atoms with Crippen LogP contribution < -0.4 is 0 Å². The lowest BCUT2D eigenvalue weighted by atomic mass is 9.78. The molecule has 2 heteroatoms. The van der Waals surface area contributed by atoms with Crippen LogP contribution in [-0.4, -0.2) is 47.1 Å². The Hall–Kier alpha value is -0.0800. The van der Waals surface area contributed by atoms with Crippen LogP contribution in [-0.2, 0) is 0 Å². The summed E-state index contributed by atoms with van der Waals surface area (Å²) in [6.07, 6.45) is 5.52. The number of piperidine rings is 1. The second-order valence-corrected chi connectivity index (χ2v) is 9.66. The van der Waals surface area contributed by atoms with Gasteiger partial charge in [-0.25, -0.2) is 0 Å². The van der Waals surface area contributed by atoms with Crippen molar-refractivity contribution >= 4 is 0 Å². The molecule has 2 saturated heterocycles. The Morgan fingerprint density at radius 3 is 2.24 bits per heavy atom. The minimum Gasteiger partial charge on any atom is -0.298 e. The standard InChI is InChI=1S/C19H38N2/c1-15(2)17-13-20-11-9-8-10-16(20)12-21(17)19(6,7)14-18(3,4)5/h15-17H,8-14H2,1-7H3. The minimum absolute atomic E-state index is 0.302. The molecule has 2 aliphatic heterocycles. The van der Waals surface area contributed by atoms with Gasteiger partial charge in [-0.15, -0.1) is 0 Å². The monoisotopic (exact) mass is 294 g/mol. The third-order valence-corrected chi connectivity index (χ3v) is 5.49. The molecule has 2 unspecified atom stereocenters. The van der Waals surface area contributed by atoms with Crippen molar-refractivity contribution in [3.05, 3.63) is 0 Å². The molecule has 0 aliphatic carbocycles. The van der Waals surface area contributed by atoms with Crippen molar-refractivity contribution in [2.45, 2.75) is 91.8 Å². The van der Waals surface area contributed by atoms with Gasteiger partial charge in [0.1, 0.15) is 0 Å². The molecule has 0 bridgehead atoms. The second-order valence-electron chi connectivity index (χ2n) is 9.66. The first-order valence-electron chi connectivity index (χ1n) is 9.11. The second kappa shape index (κ2) is 6.20. The summed E-state index contributed by atoms with van der Waals surface area (Å²) < 4.78 is 0. The van der Waals surface area contributed by atoms with E-state index < -0.39 is 0 Å². The molecule has 0 saturated carbocycles. The first-order valence-corrected chi connectivity index (χ1v) is 9.11. The molecular formula is C19H38N2. The van der Waals surface area contributed by atoms with Gasteiger partial charge in [-0.2, -0.15) is 0 Å². The summed E-state index contributed by atoms with van der Waals surface area (Å²) in [5.41, 5.74) is 0.700. The molecule has 2 nitrogen and oxygen atoms in total. The number of piperazine rings is 1. The summed E-state index contributed by atoms with van der Waals surface area (Å²) in [4.78, 5) is 5.66. The lowest BCUT2D eigenvalue weighted by molar-refractivity contribution is -0.0673. The van der Waals surface area contributed by atoms with Crippen LogP contribution in [0.3, 0.4) is 0 Å². The zero-order chi connectivity index (χ0) is 15.8. The van der Waals surface area contributed by atoms with Crippen LogP contribution in [0.4, 0.5) is 0 Å². The van der Waals surface area contributed by atoms with Gasteiger partial charge >= 0.3 is 0 Å². The Labute approximate surface area is 133 Å². The molecule has 0 amide bonds. The molecule has 2 fully saturated rings. The van der Waals surface area contributed by atoms with E-state index in [-0.39, 0.29) is 0 Å². The summed E-state index contributed by atoms with van der Waals surface area (Å²) in [6, 6.07) is 1.53. The van der Waals surface area contributed by atoms with Crippen molar-refractivity contribution in [3.8, 4) is 0 Å². The van der Waals surface area contributed by atoms with Crippen LogP contribution in [0.15, 0.2) is 0 Å². The maximum absolute atomic E-state index is 2.87. The Morgan fingerprint density at radius 2 is 1.67 bits per heavy atom. The third-order valence-electron chi connectivity index (χ3n) is 5.49. The van der Waals surface area contributed by atoms with Gasteiger partial charge in [0.05, 0.1) is 0 Å². The van der Waals surface area contributed by atoms with E-state index in [0.29, 0.717) is 11.0 Å². The molecule has 0 radical (unpaired) electrons. The fourth-order valence-corrected chi connectivity index (χ4v) is 4.87. The molecule has 21 heavy (non-hydrogen) atoms. The molecule has 2 atom stereocenters. The predicted molar refractivity (Wildman–Crippen MR) is 92.7 cm³/mol. The first kappa shape index (κ1) is 17.3. The van der Waals surface area contributed by atoms with E-state index in [9.17, 15) is 0 Å². The molecule has 2 heterocycles. The highest BCUT2D eigenvalue weighted by molar-refractivity contribution is 4.99. The van der Waals surface area contributed by atoms with Crippen LogP contribution in [0.1, 0.15) is 74.1 Å². The zero-order valence-electron chi connectivity index (χ0n) is 15.6. The van der Waals surface area contributed by atoms with E-state index in [1.807, 2.05) is 0 Å². The van der Waals surface area contributed by atoms with Crippen molar-refractivity contribution in [2.75, 3.05) is 19.6 Å². The summed E-state index contributed by atoms with van der Waals surface area (Å²) in [6.45, 7) is 20.8.